The fraction of sp³-hybridized carbons (Fsp3) is 0.957. The van der Waals surface area contributed by atoms with E-state index in [9.17, 15) is 102 Å². The minimum absolute atomic E-state index is 0.694. The van der Waals surface area contributed by atoms with E-state index in [-0.39, 0.29) is 0 Å². The van der Waals surface area contributed by atoms with Gasteiger partial charge in [-0.25, -0.2) is 0 Å². The topological polar surface area (TPSA) is 542 Å². The summed E-state index contributed by atoms with van der Waals surface area (Å²) in [5.74, 6) is -1.54. The molecule has 81 heavy (non-hydrogen) atoms. The Bertz CT molecular complexity index is 2010. The molecule has 20 N–H and O–H groups in total. The van der Waals surface area contributed by atoms with Gasteiger partial charge in [-0.1, -0.05) is 0 Å². The molecule has 35 atom stereocenters. The van der Waals surface area contributed by atoms with Crippen molar-refractivity contribution in [1.29, 1.82) is 0 Å². The van der Waals surface area contributed by atoms with Gasteiger partial charge in [0.25, 0.3) is 0 Å². The van der Waals surface area contributed by atoms with Crippen LogP contribution in [-0.2, 0) is 71.2 Å². The molecule has 0 aliphatic carbocycles. The molecule has 0 bridgehead atoms. The van der Waals surface area contributed by atoms with Crippen molar-refractivity contribution in [2.24, 2.45) is 0 Å². The van der Waals surface area contributed by atoms with Crippen LogP contribution in [0.1, 0.15) is 34.6 Å². The van der Waals surface area contributed by atoms with E-state index in [1.165, 1.54) is 20.8 Å². The fourth-order valence-electron chi connectivity index (χ4n) is 10.7. The molecule has 0 saturated carbocycles. The summed E-state index contributed by atoms with van der Waals surface area (Å²) in [6, 6.07) is -3.23. The summed E-state index contributed by atoms with van der Waals surface area (Å²) in [5, 5.41) is 200. The Kier molecular flexibility index (Phi) is 22.9. The van der Waals surface area contributed by atoms with Crippen LogP contribution in [-0.4, -0.2) is 345 Å². The quantitative estimate of drug-likeness (QED) is 0.0606. The Labute approximate surface area is 460 Å². The van der Waals surface area contributed by atoms with Crippen molar-refractivity contribution in [3.05, 3.63) is 0 Å². The largest absolute Gasteiger partial charge is 0.394 e. The highest BCUT2D eigenvalue weighted by molar-refractivity contribution is 5.73. The Morgan fingerprint density at radius 2 is 0.654 bits per heavy atom. The van der Waals surface area contributed by atoms with Gasteiger partial charge in [0.15, 0.2) is 44.0 Å². The Balaban J connectivity index is 1.06. The van der Waals surface area contributed by atoms with Crippen molar-refractivity contribution >= 4 is 11.8 Å². The van der Waals surface area contributed by atoms with Crippen molar-refractivity contribution in [2.75, 3.05) is 26.4 Å². The van der Waals surface area contributed by atoms with E-state index in [4.69, 9.17) is 61.6 Å². The Hall–Kier alpha value is -2.30. The van der Waals surface area contributed by atoms with Crippen LogP contribution < -0.4 is 10.6 Å². The first kappa shape index (κ1) is 66.2. The highest BCUT2D eigenvalue weighted by atomic mass is 16.8. The summed E-state index contributed by atoms with van der Waals surface area (Å²) >= 11 is 0. The van der Waals surface area contributed by atoms with E-state index in [1.54, 1.807) is 0 Å². The monoisotopic (exact) mass is 1190 g/mol. The number of rotatable bonds is 18. The van der Waals surface area contributed by atoms with Crippen molar-refractivity contribution in [2.45, 2.75) is 249 Å². The number of ether oxygens (including phenoxy) is 13. The SMILES string of the molecule is CC(=O)N[C@H]1[C@H](O[C@H]2[C@@H](O)[C@@H](CO)O[C@@H](O[C@H]3[C@@H](O)[C@H](O)[C@H](O[C@H]4[C@H](O)[C@@H](CO)OC(O)[C@@H]4NC(C)=O)O[C@H]3C)[C@@H]2O)O[C@H](CO)[C@@H](O)[C@@H]1O[C@@H]1O[C@@H](C)[C@@H](O[C@@H]2O[C@H](CO)[C@H](O)[C@H](O)[C@H]2O[C@@H]2O[C@@H](C)[C@@H](O)[C@@H](O)[C@@H]2O)[C@@H](O)[C@@H]1O. The van der Waals surface area contributed by atoms with Crippen molar-refractivity contribution in [3.8, 4) is 0 Å². The van der Waals surface area contributed by atoms with Gasteiger partial charge in [-0.2, -0.15) is 0 Å². The highest BCUT2D eigenvalue weighted by Gasteiger charge is 2.58. The molecule has 7 fully saturated rings. The Morgan fingerprint density at radius 1 is 0.321 bits per heavy atom. The molecule has 0 aromatic carbocycles. The molecule has 7 rings (SSSR count). The molecule has 35 nitrogen and oxygen atoms in total. The molecule has 470 valence electrons. The van der Waals surface area contributed by atoms with E-state index in [1.807, 2.05) is 0 Å². The maximum absolute atomic E-state index is 12.8. The first-order valence-electron chi connectivity index (χ1n) is 26.2. The third-order valence-electron chi connectivity index (χ3n) is 15.2. The van der Waals surface area contributed by atoms with Crippen LogP contribution in [0.5, 0.6) is 0 Å². The lowest BCUT2D eigenvalue weighted by atomic mass is 9.94. The molecule has 0 aromatic rings. The lowest BCUT2D eigenvalue weighted by Gasteiger charge is -2.51. The summed E-state index contributed by atoms with van der Waals surface area (Å²) in [7, 11) is 0. The lowest BCUT2D eigenvalue weighted by Crippen LogP contribution is -2.70. The summed E-state index contributed by atoms with van der Waals surface area (Å²) in [6.07, 6.45) is -59.3. The predicted octanol–water partition coefficient (Wildman–Crippen LogP) is -12.9. The molecule has 35 heteroatoms. The lowest BCUT2D eigenvalue weighted by molar-refractivity contribution is -0.393. The minimum atomic E-state index is -2.16. The van der Waals surface area contributed by atoms with Crippen LogP contribution in [0.15, 0.2) is 0 Å². The minimum Gasteiger partial charge on any atom is -0.394 e. The van der Waals surface area contributed by atoms with Crippen molar-refractivity contribution in [1.82, 2.24) is 10.6 Å². The zero-order valence-electron chi connectivity index (χ0n) is 44.2. The van der Waals surface area contributed by atoms with Gasteiger partial charge in [-0.05, 0) is 20.8 Å². The number of aliphatic hydroxyl groups is 18. The normalized spacial score (nSPS) is 51.8. The number of carbonyl (C=O) groups excluding carboxylic acids is 2. The first-order chi connectivity index (χ1) is 38.2. The zero-order valence-corrected chi connectivity index (χ0v) is 44.2. The molecule has 1 unspecified atom stereocenters. The van der Waals surface area contributed by atoms with Gasteiger partial charge in [0, 0.05) is 13.8 Å². The van der Waals surface area contributed by atoms with E-state index in [2.05, 4.69) is 10.6 Å². The van der Waals surface area contributed by atoms with Crippen LogP contribution in [0, 0.1) is 0 Å². The van der Waals surface area contributed by atoms with E-state index >= 15 is 0 Å². The Morgan fingerprint density at radius 3 is 1.15 bits per heavy atom. The van der Waals surface area contributed by atoms with Crippen LogP contribution in [0.3, 0.4) is 0 Å². The van der Waals surface area contributed by atoms with Crippen LogP contribution in [0.4, 0.5) is 0 Å². The summed E-state index contributed by atoms with van der Waals surface area (Å²) < 4.78 is 75.1. The van der Waals surface area contributed by atoms with Gasteiger partial charge in [0.2, 0.25) is 11.8 Å². The van der Waals surface area contributed by atoms with Gasteiger partial charge in [-0.15, -0.1) is 0 Å². The molecule has 7 aliphatic rings. The standard InChI is InChI=1S/C46H78N2O33/c1-10-21(55)26(60)30(64)42(69-10)81-39-27(61)22(56)15(6-49)75-46(39)77-35-12(3)71-44(32(66)29(35)63)79-37-20(48-14(5)54)41(73-17(8-51)24(37)58)80-38-25(59)18(9-52)74-45(33(38)67)76-34-11(2)70-43(31(65)28(34)62)78-36-19(47-13(4)53)40(68)72-16(7-50)23(36)57/h10-12,15-46,49-52,55-68H,6-9H2,1-5H3,(H,47,53)(H,48,54)/t10-,11-,12-,15+,16+,17+,18+,19+,20+,21+,22-,23+,24+,25-,26+,27-,28-,29-,30-,31-,32-,33+,34+,35+,36+,37+,38-,39+,40?,41-,42-,43-,44-,45-,46-/m0/s1. The molecule has 0 spiro atoms. The molecule has 7 saturated heterocycles. The molecular formula is C46H78N2O33. The average Bonchev–Trinajstić information content (AvgIpc) is 3.54. The van der Waals surface area contributed by atoms with Crippen LogP contribution in [0.25, 0.3) is 0 Å². The van der Waals surface area contributed by atoms with E-state index in [0.29, 0.717) is 0 Å². The van der Waals surface area contributed by atoms with Crippen molar-refractivity contribution < 1.29 is 163 Å². The number of hydrogen-bond acceptors (Lipinski definition) is 33. The summed E-state index contributed by atoms with van der Waals surface area (Å²) in [6.45, 7) is 2.36. The molecule has 0 aromatic heterocycles. The number of hydrogen-bond donors (Lipinski definition) is 20. The average molecular weight is 1190 g/mol. The third kappa shape index (κ3) is 14.1. The highest BCUT2D eigenvalue weighted by Crippen LogP contribution is 2.38. The molecule has 2 amide bonds. The van der Waals surface area contributed by atoms with E-state index < -0.39 is 253 Å². The fourth-order valence-corrected chi connectivity index (χ4v) is 10.7. The van der Waals surface area contributed by atoms with Gasteiger partial charge in [0.1, 0.15) is 152 Å². The molecule has 0 radical (unpaired) electrons. The number of nitrogens with one attached hydrogen (secondary N) is 2. The van der Waals surface area contributed by atoms with Crippen LogP contribution in [0.2, 0.25) is 0 Å². The zero-order chi connectivity index (χ0) is 59.8. The summed E-state index contributed by atoms with van der Waals surface area (Å²) in [5.41, 5.74) is 0. The van der Waals surface area contributed by atoms with Gasteiger partial charge in [-0.3, -0.25) is 9.59 Å². The van der Waals surface area contributed by atoms with Gasteiger partial charge in [0.05, 0.1) is 44.7 Å². The molecular weight excluding hydrogens is 1110 g/mol. The summed E-state index contributed by atoms with van der Waals surface area (Å²) in [4.78, 5) is 24.8. The maximum atomic E-state index is 12.8. The third-order valence-corrected chi connectivity index (χ3v) is 15.2. The number of amides is 2. The van der Waals surface area contributed by atoms with Crippen LogP contribution >= 0.6 is 0 Å². The van der Waals surface area contributed by atoms with Gasteiger partial charge >= 0.3 is 0 Å². The number of aliphatic hydroxyl groups excluding tert-OH is 18. The maximum Gasteiger partial charge on any atom is 0.217 e. The first-order valence-corrected chi connectivity index (χ1v) is 26.2. The molecule has 7 aliphatic heterocycles. The van der Waals surface area contributed by atoms with E-state index in [0.717, 1.165) is 13.8 Å². The second kappa shape index (κ2) is 28.0. The smallest absolute Gasteiger partial charge is 0.217 e. The number of carbonyl (C=O) groups is 2. The predicted molar refractivity (Wildman–Crippen MR) is 251 cm³/mol. The van der Waals surface area contributed by atoms with Crippen molar-refractivity contribution in [3.63, 3.8) is 0 Å². The molecule has 7 heterocycles. The second-order valence-electron chi connectivity index (χ2n) is 21.0. The van der Waals surface area contributed by atoms with Gasteiger partial charge < -0.3 is 164 Å². The second-order valence-corrected chi connectivity index (χ2v) is 21.0.